The van der Waals surface area contributed by atoms with Crippen LogP contribution in [0.2, 0.25) is 0 Å². The van der Waals surface area contributed by atoms with Gasteiger partial charge in [0.2, 0.25) is 0 Å². The Kier molecular flexibility index (Phi) is 8.95. The SMILES string of the molecule is CCCCCCCCCCC(=O)C1=NC(=Cc2[nH]c(-c3ccc[nH]3)cc2OCC)C=C1. The molecule has 0 atom stereocenters. The van der Waals surface area contributed by atoms with Crippen molar-refractivity contribution in [2.24, 2.45) is 4.99 Å². The van der Waals surface area contributed by atoms with E-state index in [1.807, 2.05) is 49.5 Å². The number of allylic oxidation sites excluding steroid dienone is 2. The Hall–Kier alpha value is -2.82. The van der Waals surface area contributed by atoms with Gasteiger partial charge in [-0.25, -0.2) is 4.99 Å². The summed E-state index contributed by atoms with van der Waals surface area (Å²) in [5.74, 6) is 0.913. The number of hydrogen-bond acceptors (Lipinski definition) is 3. The fourth-order valence-electron chi connectivity index (χ4n) is 3.79. The minimum Gasteiger partial charge on any atom is -0.492 e. The van der Waals surface area contributed by atoms with Crippen LogP contribution >= 0.6 is 0 Å². The molecule has 0 saturated carbocycles. The maximum atomic E-state index is 12.5. The van der Waals surface area contributed by atoms with Gasteiger partial charge in [0, 0.05) is 18.7 Å². The third-order valence-electron chi connectivity index (χ3n) is 5.50. The lowest BCUT2D eigenvalue weighted by atomic mass is 10.0. The summed E-state index contributed by atoms with van der Waals surface area (Å²) in [7, 11) is 0. The number of carbonyl (C=O) groups excluding carboxylic acids is 1. The lowest BCUT2D eigenvalue weighted by Gasteiger charge is -2.02. The zero-order valence-electron chi connectivity index (χ0n) is 18.9. The first-order chi connectivity index (χ1) is 15.2. The van der Waals surface area contributed by atoms with E-state index in [-0.39, 0.29) is 5.78 Å². The molecule has 1 aliphatic heterocycles. The van der Waals surface area contributed by atoms with Gasteiger partial charge in [0.05, 0.1) is 29.4 Å². The average Bonchev–Trinajstić information content (AvgIpc) is 3.52. The number of aromatic amines is 2. The second-order valence-corrected chi connectivity index (χ2v) is 8.03. The number of nitrogens with one attached hydrogen (secondary N) is 2. The van der Waals surface area contributed by atoms with Gasteiger partial charge >= 0.3 is 0 Å². The van der Waals surface area contributed by atoms with Crippen molar-refractivity contribution in [3.8, 4) is 17.1 Å². The van der Waals surface area contributed by atoms with Gasteiger partial charge in [0.25, 0.3) is 0 Å². The summed E-state index contributed by atoms with van der Waals surface area (Å²) >= 11 is 0. The number of Topliss-reactive ketones (excluding diaryl/α,β-unsaturated/α-hetero) is 1. The van der Waals surface area contributed by atoms with Gasteiger partial charge in [-0.3, -0.25) is 4.79 Å². The third-order valence-corrected chi connectivity index (χ3v) is 5.50. The molecular formula is C26H35N3O2. The van der Waals surface area contributed by atoms with Crippen LogP contribution in [0.3, 0.4) is 0 Å². The number of aromatic nitrogens is 2. The van der Waals surface area contributed by atoms with E-state index in [1.165, 1.54) is 38.5 Å². The Labute approximate surface area is 185 Å². The quantitative estimate of drug-likeness (QED) is 0.327. The topological polar surface area (TPSA) is 70.2 Å². The van der Waals surface area contributed by atoms with Crippen LogP contribution in [0.15, 0.2) is 47.2 Å². The van der Waals surface area contributed by atoms with Crippen molar-refractivity contribution in [1.29, 1.82) is 0 Å². The molecule has 3 heterocycles. The Morgan fingerprint density at radius 2 is 1.81 bits per heavy atom. The first kappa shape index (κ1) is 22.9. The van der Waals surface area contributed by atoms with Crippen molar-refractivity contribution in [3.05, 3.63) is 47.9 Å². The van der Waals surface area contributed by atoms with Crippen LogP contribution < -0.4 is 4.74 Å². The highest BCUT2D eigenvalue weighted by atomic mass is 16.5. The Bertz CT molecular complexity index is 917. The van der Waals surface area contributed by atoms with E-state index < -0.39 is 0 Å². The Balaban J connectivity index is 1.54. The number of ether oxygens (including phenoxy) is 1. The van der Waals surface area contributed by atoms with Crippen molar-refractivity contribution >= 4 is 17.6 Å². The lowest BCUT2D eigenvalue weighted by Crippen LogP contribution is -2.09. The highest BCUT2D eigenvalue weighted by Crippen LogP contribution is 2.29. The predicted molar refractivity (Wildman–Crippen MR) is 129 cm³/mol. The maximum Gasteiger partial charge on any atom is 0.181 e. The van der Waals surface area contributed by atoms with Crippen molar-refractivity contribution in [1.82, 2.24) is 9.97 Å². The standard InChI is InChI=1S/C26H35N3O2/c1-3-5-6-7-8-9-10-11-14-25(30)22-16-15-20(28-22)18-24-26(31-4-2)19-23(29-24)21-13-12-17-27-21/h12-13,15-19,27,29H,3-11,14H2,1-2H3. The van der Waals surface area contributed by atoms with Crippen LogP contribution in [-0.4, -0.2) is 28.1 Å². The molecule has 2 aromatic rings. The smallest absolute Gasteiger partial charge is 0.181 e. The number of rotatable bonds is 14. The van der Waals surface area contributed by atoms with Crippen LogP contribution in [0.1, 0.15) is 77.3 Å². The highest BCUT2D eigenvalue weighted by molar-refractivity contribution is 6.45. The van der Waals surface area contributed by atoms with Gasteiger partial charge in [0.1, 0.15) is 11.5 Å². The summed E-state index contributed by atoms with van der Waals surface area (Å²) in [6.07, 6.45) is 18.0. The molecule has 0 amide bonds. The molecule has 0 fully saturated rings. The predicted octanol–water partition coefficient (Wildman–Crippen LogP) is 6.86. The van der Waals surface area contributed by atoms with Crippen molar-refractivity contribution in [3.63, 3.8) is 0 Å². The molecule has 0 radical (unpaired) electrons. The number of carbonyl (C=O) groups is 1. The van der Waals surface area contributed by atoms with Crippen LogP contribution in [0.25, 0.3) is 17.5 Å². The molecule has 0 aromatic carbocycles. The largest absolute Gasteiger partial charge is 0.492 e. The second-order valence-electron chi connectivity index (χ2n) is 8.03. The van der Waals surface area contributed by atoms with E-state index >= 15 is 0 Å². The number of hydrogen-bond donors (Lipinski definition) is 2. The summed E-state index contributed by atoms with van der Waals surface area (Å²) in [4.78, 5) is 23.6. The second kappa shape index (κ2) is 12.1. The van der Waals surface area contributed by atoms with Gasteiger partial charge in [-0.2, -0.15) is 0 Å². The minimum absolute atomic E-state index is 0.134. The Morgan fingerprint density at radius 1 is 1.03 bits per heavy atom. The first-order valence-electron chi connectivity index (χ1n) is 11.7. The lowest BCUT2D eigenvalue weighted by molar-refractivity contribution is -0.113. The zero-order chi connectivity index (χ0) is 21.9. The van der Waals surface area contributed by atoms with E-state index in [0.29, 0.717) is 18.7 Å². The summed E-state index contributed by atoms with van der Waals surface area (Å²) in [5, 5.41) is 0. The van der Waals surface area contributed by atoms with E-state index in [0.717, 1.165) is 41.4 Å². The molecule has 5 heteroatoms. The molecule has 31 heavy (non-hydrogen) atoms. The van der Waals surface area contributed by atoms with Gasteiger partial charge in [-0.15, -0.1) is 0 Å². The minimum atomic E-state index is 0.134. The monoisotopic (exact) mass is 421 g/mol. The molecule has 0 unspecified atom stereocenters. The first-order valence-corrected chi connectivity index (χ1v) is 11.7. The summed E-state index contributed by atoms with van der Waals surface area (Å²) in [6, 6.07) is 5.95. The number of unbranched alkanes of at least 4 members (excludes halogenated alkanes) is 7. The summed E-state index contributed by atoms with van der Waals surface area (Å²) in [6.45, 7) is 4.79. The number of nitrogens with zero attached hydrogens (tertiary/aromatic N) is 1. The normalized spacial score (nSPS) is 14.4. The molecule has 0 aliphatic carbocycles. The fraction of sp³-hybridized carbons (Fsp3) is 0.462. The zero-order valence-corrected chi connectivity index (χ0v) is 18.9. The maximum absolute atomic E-state index is 12.5. The van der Waals surface area contributed by atoms with E-state index in [2.05, 4.69) is 21.9 Å². The highest BCUT2D eigenvalue weighted by Gasteiger charge is 2.15. The van der Waals surface area contributed by atoms with Crippen LogP contribution in [0.4, 0.5) is 0 Å². The molecule has 5 nitrogen and oxygen atoms in total. The third kappa shape index (κ3) is 6.84. The van der Waals surface area contributed by atoms with Gasteiger partial charge in [-0.1, -0.05) is 51.9 Å². The number of H-pyrrole nitrogens is 2. The van der Waals surface area contributed by atoms with E-state index in [9.17, 15) is 4.79 Å². The summed E-state index contributed by atoms with van der Waals surface area (Å²) in [5.41, 5.74) is 4.13. The van der Waals surface area contributed by atoms with Gasteiger partial charge < -0.3 is 14.7 Å². The average molecular weight is 422 g/mol. The molecule has 1 aliphatic rings. The number of ketones is 1. The molecule has 2 N–H and O–H groups in total. The van der Waals surface area contributed by atoms with Gasteiger partial charge in [0.15, 0.2) is 5.78 Å². The van der Waals surface area contributed by atoms with Crippen LogP contribution in [-0.2, 0) is 4.79 Å². The molecule has 2 aromatic heterocycles. The van der Waals surface area contributed by atoms with Crippen molar-refractivity contribution < 1.29 is 9.53 Å². The molecule has 3 rings (SSSR count). The number of aliphatic imine (C=N–C) groups is 1. The molecule has 0 saturated heterocycles. The molecule has 0 bridgehead atoms. The fourth-order valence-corrected chi connectivity index (χ4v) is 3.79. The molecule has 0 spiro atoms. The van der Waals surface area contributed by atoms with Gasteiger partial charge in [-0.05, 0) is 43.7 Å². The Morgan fingerprint density at radius 3 is 2.52 bits per heavy atom. The molecule has 166 valence electrons. The van der Waals surface area contributed by atoms with E-state index in [1.54, 1.807) is 0 Å². The van der Waals surface area contributed by atoms with Crippen molar-refractivity contribution in [2.45, 2.75) is 71.6 Å². The summed E-state index contributed by atoms with van der Waals surface area (Å²) < 4.78 is 5.78. The van der Waals surface area contributed by atoms with Crippen molar-refractivity contribution in [2.75, 3.05) is 6.61 Å². The van der Waals surface area contributed by atoms with E-state index in [4.69, 9.17) is 4.74 Å². The van der Waals surface area contributed by atoms with Crippen LogP contribution in [0, 0.1) is 0 Å². The molecular weight excluding hydrogens is 386 g/mol. The van der Waals surface area contributed by atoms with Crippen LogP contribution in [0.5, 0.6) is 5.75 Å².